The maximum atomic E-state index is 10.6. The van der Waals surface area contributed by atoms with Gasteiger partial charge in [-0.1, -0.05) is 6.07 Å². The number of benzene rings is 1. The Labute approximate surface area is 138 Å². The van der Waals surface area contributed by atoms with Crippen LogP contribution < -0.4 is 0 Å². The average molecular weight is 284 g/mol. The SMILES string of the molecule is O=S(=O)(O)c1cccc(S(=O)(=O)O)c1.[Na].[Na]. The summed E-state index contributed by atoms with van der Waals surface area (Å²) < 4.78 is 59.5. The molecule has 6 nitrogen and oxygen atoms in total. The maximum absolute atomic E-state index is 10.6. The van der Waals surface area contributed by atoms with Crippen molar-refractivity contribution in [2.45, 2.75) is 9.79 Å². The summed E-state index contributed by atoms with van der Waals surface area (Å²) in [4.78, 5) is -1.18. The van der Waals surface area contributed by atoms with Crippen molar-refractivity contribution in [2.75, 3.05) is 0 Å². The minimum absolute atomic E-state index is 0. The molecule has 0 saturated carbocycles. The molecule has 1 aromatic rings. The van der Waals surface area contributed by atoms with Gasteiger partial charge in [0, 0.05) is 59.1 Å². The van der Waals surface area contributed by atoms with Crippen molar-refractivity contribution in [1.82, 2.24) is 0 Å². The van der Waals surface area contributed by atoms with Crippen LogP contribution in [0, 0.1) is 0 Å². The van der Waals surface area contributed by atoms with Crippen LogP contribution in [0.1, 0.15) is 0 Å². The van der Waals surface area contributed by atoms with Gasteiger partial charge < -0.3 is 0 Å². The zero-order valence-electron chi connectivity index (χ0n) is 8.65. The number of hydrogen-bond acceptors (Lipinski definition) is 4. The summed E-state index contributed by atoms with van der Waals surface area (Å²) in [5.74, 6) is 0. The molecule has 0 aliphatic heterocycles. The van der Waals surface area contributed by atoms with Gasteiger partial charge in [-0.2, -0.15) is 16.8 Å². The second-order valence-electron chi connectivity index (χ2n) is 2.42. The van der Waals surface area contributed by atoms with Crippen LogP contribution in [0.3, 0.4) is 0 Å². The largest absolute Gasteiger partial charge is 0.294 e. The summed E-state index contributed by atoms with van der Waals surface area (Å²) in [6.07, 6.45) is 0. The third-order valence-electron chi connectivity index (χ3n) is 1.40. The molecule has 10 heteroatoms. The van der Waals surface area contributed by atoms with E-state index in [0.29, 0.717) is 6.07 Å². The summed E-state index contributed by atoms with van der Waals surface area (Å²) in [6.45, 7) is 0. The Morgan fingerprint density at radius 1 is 0.812 bits per heavy atom. The Balaban J connectivity index is 0. The molecule has 0 aliphatic rings. The van der Waals surface area contributed by atoms with Gasteiger partial charge in [0.15, 0.2) is 0 Å². The summed E-state index contributed by atoms with van der Waals surface area (Å²) >= 11 is 0. The third kappa shape index (κ3) is 5.58. The van der Waals surface area contributed by atoms with E-state index in [1.54, 1.807) is 0 Å². The molecule has 0 aliphatic carbocycles. The monoisotopic (exact) mass is 284 g/mol. The zero-order valence-corrected chi connectivity index (χ0v) is 14.3. The summed E-state index contributed by atoms with van der Waals surface area (Å²) in [5, 5.41) is 0. The second-order valence-corrected chi connectivity index (χ2v) is 5.27. The Hall–Kier alpha value is 1.04. The smallest absolute Gasteiger partial charge is 0.282 e. The molecule has 0 bridgehead atoms. The summed E-state index contributed by atoms with van der Waals surface area (Å²) in [6, 6.07) is 3.75. The zero-order chi connectivity index (χ0) is 11.0. The topological polar surface area (TPSA) is 109 Å². The molecule has 0 saturated heterocycles. The molecule has 2 N–H and O–H groups in total. The van der Waals surface area contributed by atoms with E-state index in [4.69, 9.17) is 9.11 Å². The van der Waals surface area contributed by atoms with E-state index in [1.807, 2.05) is 0 Å². The van der Waals surface area contributed by atoms with Gasteiger partial charge in [0.2, 0.25) is 0 Å². The Kier molecular flexibility index (Phi) is 8.28. The van der Waals surface area contributed by atoms with Crippen LogP contribution in [-0.4, -0.2) is 85.1 Å². The summed E-state index contributed by atoms with van der Waals surface area (Å²) in [5.41, 5.74) is 0. The first-order valence-electron chi connectivity index (χ1n) is 3.26. The number of hydrogen-bond donors (Lipinski definition) is 2. The van der Waals surface area contributed by atoms with Gasteiger partial charge in [0.05, 0.1) is 9.79 Å². The Morgan fingerprint density at radius 3 is 1.38 bits per heavy atom. The van der Waals surface area contributed by atoms with Crippen molar-refractivity contribution in [3.63, 3.8) is 0 Å². The molecule has 0 heterocycles. The fourth-order valence-corrected chi connectivity index (χ4v) is 1.92. The minimum atomic E-state index is -4.46. The van der Waals surface area contributed by atoms with Crippen LogP contribution in [-0.2, 0) is 20.2 Å². The van der Waals surface area contributed by atoms with Crippen molar-refractivity contribution in [1.29, 1.82) is 0 Å². The van der Waals surface area contributed by atoms with Crippen LogP contribution in [0.15, 0.2) is 34.1 Å². The van der Waals surface area contributed by atoms with Gasteiger partial charge in [0.1, 0.15) is 0 Å². The third-order valence-corrected chi connectivity index (χ3v) is 3.10. The molecule has 0 spiro atoms. The van der Waals surface area contributed by atoms with Gasteiger partial charge in [-0.05, 0) is 18.2 Å². The van der Waals surface area contributed by atoms with E-state index in [1.165, 1.54) is 0 Å². The first-order chi connectivity index (χ1) is 6.21. The molecule has 80 valence electrons. The molecular formula is C6H6Na2O6S2. The maximum Gasteiger partial charge on any atom is 0.294 e. The molecule has 0 atom stereocenters. The van der Waals surface area contributed by atoms with E-state index in [9.17, 15) is 16.8 Å². The molecule has 0 fully saturated rings. The van der Waals surface area contributed by atoms with Crippen molar-refractivity contribution in [3.8, 4) is 0 Å². The van der Waals surface area contributed by atoms with Gasteiger partial charge in [0.25, 0.3) is 20.2 Å². The van der Waals surface area contributed by atoms with Gasteiger partial charge >= 0.3 is 0 Å². The van der Waals surface area contributed by atoms with Crippen LogP contribution >= 0.6 is 0 Å². The molecule has 1 aromatic carbocycles. The van der Waals surface area contributed by atoms with Crippen LogP contribution in [0.5, 0.6) is 0 Å². The van der Waals surface area contributed by atoms with Crippen molar-refractivity contribution >= 4 is 79.4 Å². The first kappa shape index (κ1) is 19.4. The summed E-state index contributed by atoms with van der Waals surface area (Å²) in [7, 11) is -8.92. The van der Waals surface area contributed by atoms with Gasteiger partial charge in [-0.25, -0.2) is 0 Å². The van der Waals surface area contributed by atoms with Crippen LogP contribution in [0.25, 0.3) is 0 Å². The molecule has 0 unspecified atom stereocenters. The van der Waals surface area contributed by atoms with Crippen molar-refractivity contribution in [3.05, 3.63) is 24.3 Å². The fourth-order valence-electron chi connectivity index (χ4n) is 0.795. The normalized spacial score (nSPS) is 11.1. The Morgan fingerprint density at radius 2 is 1.12 bits per heavy atom. The van der Waals surface area contributed by atoms with E-state index in [2.05, 4.69) is 0 Å². The molecule has 1 rings (SSSR count). The van der Waals surface area contributed by atoms with E-state index < -0.39 is 30.0 Å². The first-order valence-corrected chi connectivity index (χ1v) is 6.14. The molecule has 0 amide bonds. The second kappa shape index (κ2) is 6.83. The molecule has 0 aromatic heterocycles. The predicted octanol–water partition coefficient (Wildman–Crippen LogP) is -0.582. The Bertz CT molecular complexity index is 503. The van der Waals surface area contributed by atoms with Crippen molar-refractivity contribution < 1.29 is 25.9 Å². The van der Waals surface area contributed by atoms with Crippen LogP contribution in [0.2, 0.25) is 0 Å². The molecular weight excluding hydrogens is 278 g/mol. The molecule has 2 radical (unpaired) electrons. The molecule has 16 heavy (non-hydrogen) atoms. The number of rotatable bonds is 2. The van der Waals surface area contributed by atoms with Gasteiger partial charge in [-0.3, -0.25) is 9.11 Å². The van der Waals surface area contributed by atoms with E-state index >= 15 is 0 Å². The fraction of sp³-hybridized carbons (Fsp3) is 0. The van der Waals surface area contributed by atoms with Gasteiger partial charge in [-0.15, -0.1) is 0 Å². The average Bonchev–Trinajstić information content (AvgIpc) is 2.01. The quantitative estimate of drug-likeness (QED) is 0.555. The standard InChI is InChI=1S/C6H6O6S2.2Na/c7-13(8,9)5-2-1-3-6(4-5)14(10,11)12;;/h1-4H,(H,7,8,9)(H,10,11,12);;. The minimum Gasteiger partial charge on any atom is -0.282 e. The van der Waals surface area contributed by atoms with Crippen LogP contribution in [0.4, 0.5) is 0 Å². The van der Waals surface area contributed by atoms with E-state index in [0.717, 1.165) is 18.2 Å². The van der Waals surface area contributed by atoms with Crippen molar-refractivity contribution in [2.24, 2.45) is 0 Å². The predicted molar refractivity (Wildman–Crippen MR) is 57.6 cm³/mol. The van der Waals surface area contributed by atoms with E-state index in [-0.39, 0.29) is 59.1 Å².